The number of nitrogens with zero attached hydrogens (tertiary/aromatic N) is 5. The molecule has 0 saturated carbocycles. The monoisotopic (exact) mass is 825 g/mol. The van der Waals surface area contributed by atoms with Gasteiger partial charge in [-0.25, -0.2) is 4.98 Å². The Morgan fingerprint density at radius 1 is 0.714 bits per heavy atom. The molecule has 1 aliphatic rings. The van der Waals surface area contributed by atoms with Crippen molar-refractivity contribution in [2.45, 2.75) is 59.3 Å². The minimum Gasteiger partial charge on any atom is -0.509 e. The molecule has 1 aliphatic heterocycles. The number of pyridine rings is 1. The number of rotatable bonds is 6. The van der Waals surface area contributed by atoms with E-state index < -0.39 is 0 Å². The van der Waals surface area contributed by atoms with Crippen LogP contribution in [-0.2, 0) is 31.9 Å². The molecule has 0 fully saturated rings. The molecule has 0 unspecified atom stereocenters. The first-order chi connectivity index (χ1) is 23.0. The van der Waals surface area contributed by atoms with Crippen LogP contribution in [-0.4, -0.2) is 14.8 Å². The topological polar surface area (TPSA) is 46.4 Å². The molecule has 3 heterocycles. The SMILES string of the molecule is Cc1cc(C(C)(C)C)cc(C(C)(C)C)c1N1[CH-]N(c2[c-]c(Oc3[c-]c(-n4cc(-c5ccccc5)cn4)ccc3)ccc2)c2ncccc21.[Pt]. The van der Waals surface area contributed by atoms with E-state index in [1.165, 1.54) is 22.4 Å². The summed E-state index contributed by atoms with van der Waals surface area (Å²) in [7, 11) is 0. The molecule has 0 aliphatic carbocycles. The summed E-state index contributed by atoms with van der Waals surface area (Å²) >= 11 is 0. The molecule has 0 bridgehead atoms. The van der Waals surface area contributed by atoms with Crippen molar-refractivity contribution >= 4 is 22.9 Å². The predicted octanol–water partition coefficient (Wildman–Crippen LogP) is 10.6. The van der Waals surface area contributed by atoms with Crippen molar-refractivity contribution < 1.29 is 25.8 Å². The second-order valence-corrected chi connectivity index (χ2v) is 14.3. The zero-order valence-corrected chi connectivity index (χ0v) is 31.2. The van der Waals surface area contributed by atoms with Crippen molar-refractivity contribution in [1.29, 1.82) is 0 Å². The summed E-state index contributed by atoms with van der Waals surface area (Å²) in [4.78, 5) is 9.19. The van der Waals surface area contributed by atoms with Crippen LogP contribution in [0.25, 0.3) is 16.8 Å². The Bertz CT molecular complexity index is 2090. The third-order valence-corrected chi connectivity index (χ3v) is 8.62. The fourth-order valence-corrected chi connectivity index (χ4v) is 6.07. The fraction of sp³-hybridized carbons (Fsp3) is 0.214. The molecule has 49 heavy (non-hydrogen) atoms. The summed E-state index contributed by atoms with van der Waals surface area (Å²) in [5, 5.41) is 4.57. The summed E-state index contributed by atoms with van der Waals surface area (Å²) in [5.41, 5.74) is 9.79. The van der Waals surface area contributed by atoms with Crippen LogP contribution in [0, 0.1) is 25.7 Å². The molecule has 0 atom stereocenters. The van der Waals surface area contributed by atoms with Crippen molar-refractivity contribution in [3.63, 3.8) is 0 Å². The van der Waals surface area contributed by atoms with Crippen molar-refractivity contribution in [2.24, 2.45) is 0 Å². The summed E-state index contributed by atoms with van der Waals surface area (Å²) in [6.07, 6.45) is 5.70. The number of benzene rings is 4. The molecule has 252 valence electrons. The molecular formula is C42H40N5OPt-3. The van der Waals surface area contributed by atoms with Gasteiger partial charge in [0, 0.05) is 56.2 Å². The Morgan fingerprint density at radius 3 is 2.10 bits per heavy atom. The van der Waals surface area contributed by atoms with Crippen LogP contribution < -0.4 is 14.5 Å². The minimum atomic E-state index is -0.0742. The molecule has 0 saturated heterocycles. The van der Waals surface area contributed by atoms with Crippen LogP contribution in [0.4, 0.5) is 22.9 Å². The number of ether oxygens (including phenoxy) is 1. The zero-order chi connectivity index (χ0) is 33.6. The largest absolute Gasteiger partial charge is 0.509 e. The van der Waals surface area contributed by atoms with Gasteiger partial charge in [-0.1, -0.05) is 89.7 Å². The van der Waals surface area contributed by atoms with E-state index in [9.17, 15) is 0 Å². The maximum atomic E-state index is 6.33. The van der Waals surface area contributed by atoms with Crippen LogP contribution in [0.5, 0.6) is 11.5 Å². The Morgan fingerprint density at radius 2 is 1.41 bits per heavy atom. The molecule has 0 spiro atoms. The Labute approximate surface area is 304 Å². The first-order valence-corrected chi connectivity index (χ1v) is 16.3. The molecule has 6 nitrogen and oxygen atoms in total. The number of hydrogen-bond acceptors (Lipinski definition) is 5. The second-order valence-electron chi connectivity index (χ2n) is 14.3. The molecule has 4 aromatic carbocycles. The number of anilines is 4. The molecule has 0 N–H and O–H groups in total. The van der Waals surface area contributed by atoms with Gasteiger partial charge in [0.1, 0.15) is 5.82 Å². The van der Waals surface area contributed by atoms with E-state index in [4.69, 9.17) is 9.72 Å². The standard InChI is InChI=1S/C42H40N5O.Pt/c1-29-22-32(41(2,3)4)23-37(42(5,6)7)39(29)46-28-45(40-38(46)20-13-21-43-40)33-16-11-18-35(24-33)48-36-19-12-17-34(25-36)47-27-31(26-44-47)30-14-9-8-10-15-30;/h8-23,26-28H,1-7H3;/q-3;. The van der Waals surface area contributed by atoms with Crippen molar-refractivity contribution in [2.75, 3.05) is 9.80 Å². The van der Waals surface area contributed by atoms with Gasteiger partial charge in [0.05, 0.1) is 11.9 Å². The Kier molecular flexibility index (Phi) is 9.30. The van der Waals surface area contributed by atoms with Crippen molar-refractivity contribution in [1.82, 2.24) is 14.8 Å². The van der Waals surface area contributed by atoms with E-state index >= 15 is 0 Å². The molecule has 7 rings (SSSR count). The second kappa shape index (κ2) is 13.3. The molecule has 0 radical (unpaired) electrons. The summed E-state index contributed by atoms with van der Waals surface area (Å²) in [6, 6.07) is 37.6. The molecule has 7 heteroatoms. The summed E-state index contributed by atoms with van der Waals surface area (Å²) in [6.45, 7) is 18.0. The first-order valence-electron chi connectivity index (χ1n) is 16.3. The van der Waals surface area contributed by atoms with Gasteiger partial charge in [0.2, 0.25) is 0 Å². The normalized spacial score (nSPS) is 12.9. The first kappa shape index (κ1) is 34.2. The fourth-order valence-electron chi connectivity index (χ4n) is 6.07. The maximum absolute atomic E-state index is 6.33. The zero-order valence-electron chi connectivity index (χ0n) is 28.9. The quantitative estimate of drug-likeness (QED) is 0.157. The van der Waals surface area contributed by atoms with E-state index in [1.54, 1.807) is 0 Å². The van der Waals surface area contributed by atoms with Crippen LogP contribution in [0.1, 0.15) is 58.2 Å². The van der Waals surface area contributed by atoms with Crippen LogP contribution in [0.3, 0.4) is 0 Å². The molecule has 6 aromatic rings. The minimum absolute atomic E-state index is 0. The van der Waals surface area contributed by atoms with Gasteiger partial charge in [-0.2, -0.15) is 17.2 Å². The van der Waals surface area contributed by atoms with Gasteiger partial charge in [0.15, 0.2) is 0 Å². The number of fused-ring (bicyclic) bond motifs is 1. The number of aryl methyl sites for hydroxylation is 1. The predicted molar refractivity (Wildman–Crippen MR) is 195 cm³/mol. The van der Waals surface area contributed by atoms with Gasteiger partial charge in [-0.15, -0.1) is 43.1 Å². The smallest absolute Gasteiger partial charge is 0.124 e. The summed E-state index contributed by atoms with van der Waals surface area (Å²) < 4.78 is 8.15. The number of aromatic nitrogens is 3. The van der Waals surface area contributed by atoms with E-state index in [0.29, 0.717) is 11.5 Å². The van der Waals surface area contributed by atoms with E-state index in [2.05, 4.69) is 112 Å². The van der Waals surface area contributed by atoms with Crippen molar-refractivity contribution in [3.05, 3.63) is 145 Å². The third-order valence-electron chi connectivity index (χ3n) is 8.62. The van der Waals surface area contributed by atoms with Gasteiger partial charge in [-0.05, 0) is 57.8 Å². The van der Waals surface area contributed by atoms with Crippen LogP contribution >= 0.6 is 0 Å². The van der Waals surface area contributed by atoms with Crippen LogP contribution in [0.15, 0.2) is 110 Å². The number of hydrogen-bond donors (Lipinski definition) is 0. The average molecular weight is 826 g/mol. The third kappa shape index (κ3) is 6.93. The van der Waals surface area contributed by atoms with Crippen molar-refractivity contribution in [3.8, 4) is 28.3 Å². The van der Waals surface area contributed by atoms with E-state index in [0.717, 1.165) is 34.0 Å². The molecular weight excluding hydrogens is 786 g/mol. The Balaban J connectivity index is 0.00000417. The van der Waals surface area contributed by atoms with Gasteiger partial charge in [-0.3, -0.25) is 4.68 Å². The average Bonchev–Trinajstić information content (AvgIpc) is 3.71. The maximum Gasteiger partial charge on any atom is 0.124 e. The molecule has 0 amide bonds. The van der Waals surface area contributed by atoms with Gasteiger partial charge < -0.3 is 14.5 Å². The summed E-state index contributed by atoms with van der Waals surface area (Å²) in [5.74, 6) is 2.00. The Hall–Kier alpha value is -4.67. The van der Waals surface area contributed by atoms with Crippen LogP contribution in [0.2, 0.25) is 0 Å². The van der Waals surface area contributed by atoms with Gasteiger partial charge >= 0.3 is 0 Å². The van der Waals surface area contributed by atoms with Gasteiger partial charge in [0.25, 0.3) is 0 Å². The van der Waals surface area contributed by atoms with E-state index in [-0.39, 0.29) is 31.9 Å². The molecule has 2 aromatic heterocycles. The van der Waals surface area contributed by atoms with E-state index in [1.807, 2.05) is 83.9 Å².